The summed E-state index contributed by atoms with van der Waals surface area (Å²) in [5.74, 6) is -0.315. The van der Waals surface area contributed by atoms with E-state index in [1.807, 2.05) is 43.3 Å². The van der Waals surface area contributed by atoms with Crippen LogP contribution in [0.2, 0.25) is 0 Å². The third-order valence-electron chi connectivity index (χ3n) is 6.19. The highest BCUT2D eigenvalue weighted by Crippen LogP contribution is 2.32. The molecule has 0 atom stereocenters. The normalized spacial score (nSPS) is 11.4. The second-order valence-corrected chi connectivity index (χ2v) is 8.73. The first-order valence-electron chi connectivity index (χ1n) is 12.0. The Hall–Kier alpha value is -4.25. The maximum absolute atomic E-state index is 13.7. The van der Waals surface area contributed by atoms with E-state index in [0.29, 0.717) is 23.2 Å². The van der Waals surface area contributed by atoms with E-state index < -0.39 is 23.1 Å². The van der Waals surface area contributed by atoms with Crippen molar-refractivity contribution in [3.63, 3.8) is 0 Å². The Morgan fingerprint density at radius 1 is 1.03 bits per heavy atom. The molecule has 0 fully saturated rings. The molecule has 8 heteroatoms. The number of rotatable bonds is 7. The summed E-state index contributed by atoms with van der Waals surface area (Å²) in [5.41, 5.74) is 2.41. The molecule has 0 saturated carbocycles. The smallest absolute Gasteiger partial charge is 0.268 e. The van der Waals surface area contributed by atoms with Crippen molar-refractivity contribution < 1.29 is 13.2 Å². The molecule has 5 nitrogen and oxygen atoms in total. The molecule has 37 heavy (non-hydrogen) atoms. The predicted molar refractivity (Wildman–Crippen MR) is 135 cm³/mol. The van der Waals surface area contributed by atoms with Gasteiger partial charge in [-0.25, -0.2) is 14.5 Å². The minimum atomic E-state index is -4.67. The number of nitrogens with zero attached hydrogens (tertiary/aromatic N) is 4. The van der Waals surface area contributed by atoms with E-state index in [9.17, 15) is 23.2 Å². The molecule has 0 aliphatic rings. The summed E-state index contributed by atoms with van der Waals surface area (Å²) < 4.78 is 42.1. The van der Waals surface area contributed by atoms with Gasteiger partial charge in [-0.15, -0.1) is 0 Å². The van der Waals surface area contributed by atoms with Crippen LogP contribution in [0.15, 0.2) is 71.7 Å². The Labute approximate surface area is 212 Å². The van der Waals surface area contributed by atoms with E-state index in [1.165, 1.54) is 19.2 Å². The fourth-order valence-corrected chi connectivity index (χ4v) is 4.33. The Morgan fingerprint density at radius 3 is 2.43 bits per heavy atom. The maximum atomic E-state index is 13.7. The Morgan fingerprint density at radius 2 is 1.76 bits per heavy atom. The van der Waals surface area contributed by atoms with Crippen molar-refractivity contribution >= 4 is 0 Å². The highest BCUT2D eigenvalue weighted by atomic mass is 19.4. The van der Waals surface area contributed by atoms with Crippen LogP contribution >= 0.6 is 0 Å². The lowest BCUT2D eigenvalue weighted by atomic mass is 9.97. The van der Waals surface area contributed by atoms with Crippen LogP contribution in [0.1, 0.15) is 53.5 Å². The largest absolute Gasteiger partial charge is 0.419 e. The molecule has 0 spiro atoms. The number of pyridine rings is 1. The standard InChI is InChI=1S/C29H25F3N4O/c1-3-4-11-26-24(17-20-12-14-21(15-13-20)23-9-6-5-8-22(23)18-33)28(37)36(19(2)35-26)27-25(29(30,31)32)10-7-16-34-27/h5-10,12-16H,3-4,11,17H2,1-2H3. The van der Waals surface area contributed by atoms with Gasteiger partial charge in [0.2, 0.25) is 0 Å². The first kappa shape index (κ1) is 25.8. The highest BCUT2D eigenvalue weighted by molar-refractivity contribution is 5.70. The van der Waals surface area contributed by atoms with Crippen LogP contribution in [0.5, 0.6) is 0 Å². The number of hydrogen-bond donors (Lipinski definition) is 0. The summed E-state index contributed by atoms with van der Waals surface area (Å²) in [4.78, 5) is 22.2. The third-order valence-corrected chi connectivity index (χ3v) is 6.19. The van der Waals surface area contributed by atoms with E-state index in [1.54, 1.807) is 12.1 Å². The van der Waals surface area contributed by atoms with Crippen molar-refractivity contribution in [2.24, 2.45) is 0 Å². The zero-order chi connectivity index (χ0) is 26.6. The molecule has 0 bridgehead atoms. The number of aryl methyl sites for hydroxylation is 2. The fourth-order valence-electron chi connectivity index (χ4n) is 4.33. The molecule has 2 aromatic heterocycles. The number of aromatic nitrogens is 3. The van der Waals surface area contributed by atoms with Gasteiger partial charge in [-0.1, -0.05) is 55.8 Å². The number of benzene rings is 2. The Bertz CT molecular complexity index is 1520. The van der Waals surface area contributed by atoms with Gasteiger partial charge in [0.25, 0.3) is 5.56 Å². The molecule has 4 rings (SSSR count). The van der Waals surface area contributed by atoms with Crippen LogP contribution in [-0.4, -0.2) is 14.5 Å². The lowest BCUT2D eigenvalue weighted by Crippen LogP contribution is -2.30. The molecule has 0 aliphatic carbocycles. The molecule has 188 valence electrons. The van der Waals surface area contributed by atoms with Gasteiger partial charge < -0.3 is 0 Å². The number of halogens is 3. The first-order chi connectivity index (χ1) is 17.7. The van der Waals surface area contributed by atoms with Crippen LogP contribution in [0, 0.1) is 18.3 Å². The zero-order valence-corrected chi connectivity index (χ0v) is 20.5. The van der Waals surface area contributed by atoms with E-state index in [4.69, 9.17) is 0 Å². The lowest BCUT2D eigenvalue weighted by molar-refractivity contribution is -0.137. The molecule has 0 N–H and O–H groups in total. The van der Waals surface area contributed by atoms with Crippen molar-refractivity contribution in [2.75, 3.05) is 0 Å². The van der Waals surface area contributed by atoms with Gasteiger partial charge in [-0.05, 0) is 54.7 Å². The summed E-state index contributed by atoms with van der Waals surface area (Å²) in [6.45, 7) is 3.55. The van der Waals surface area contributed by atoms with E-state index in [2.05, 4.69) is 16.0 Å². The van der Waals surface area contributed by atoms with Crippen LogP contribution in [0.3, 0.4) is 0 Å². The van der Waals surface area contributed by atoms with Crippen LogP contribution in [-0.2, 0) is 19.0 Å². The van der Waals surface area contributed by atoms with E-state index in [-0.39, 0.29) is 12.2 Å². The Kier molecular flexibility index (Phi) is 7.53. The second kappa shape index (κ2) is 10.8. The average molecular weight is 503 g/mol. The average Bonchev–Trinajstić information content (AvgIpc) is 2.89. The molecule has 0 unspecified atom stereocenters. The minimum absolute atomic E-state index is 0.160. The summed E-state index contributed by atoms with van der Waals surface area (Å²) in [7, 11) is 0. The van der Waals surface area contributed by atoms with Gasteiger partial charge in [0.15, 0.2) is 5.82 Å². The predicted octanol–water partition coefficient (Wildman–Crippen LogP) is 6.43. The van der Waals surface area contributed by atoms with Crippen LogP contribution < -0.4 is 5.56 Å². The van der Waals surface area contributed by atoms with Crippen molar-refractivity contribution in [2.45, 2.75) is 45.7 Å². The van der Waals surface area contributed by atoms with Gasteiger partial charge in [-0.2, -0.15) is 18.4 Å². The fraction of sp³-hybridized carbons (Fsp3) is 0.241. The zero-order valence-electron chi connectivity index (χ0n) is 20.5. The molecular weight excluding hydrogens is 477 g/mol. The van der Waals surface area contributed by atoms with Crippen molar-refractivity contribution in [3.05, 3.63) is 111 Å². The van der Waals surface area contributed by atoms with Gasteiger partial charge in [0.1, 0.15) is 5.82 Å². The summed E-state index contributed by atoms with van der Waals surface area (Å²) in [6, 6.07) is 19.0. The van der Waals surface area contributed by atoms with Crippen LogP contribution in [0.25, 0.3) is 16.9 Å². The quantitative estimate of drug-likeness (QED) is 0.292. The Balaban J connectivity index is 1.80. The van der Waals surface area contributed by atoms with E-state index >= 15 is 0 Å². The van der Waals surface area contributed by atoms with Gasteiger partial charge in [0, 0.05) is 18.2 Å². The van der Waals surface area contributed by atoms with Gasteiger partial charge in [0.05, 0.1) is 22.9 Å². The SMILES string of the molecule is CCCCc1nc(C)n(-c2ncccc2C(F)(F)F)c(=O)c1Cc1ccc(-c2ccccc2C#N)cc1. The second-order valence-electron chi connectivity index (χ2n) is 8.73. The number of unbranched alkanes of at least 4 members (excludes halogenated alkanes) is 1. The highest BCUT2D eigenvalue weighted by Gasteiger charge is 2.35. The number of hydrogen-bond acceptors (Lipinski definition) is 4. The third kappa shape index (κ3) is 5.46. The van der Waals surface area contributed by atoms with Crippen molar-refractivity contribution in [3.8, 4) is 23.0 Å². The van der Waals surface area contributed by atoms with Crippen LogP contribution in [0.4, 0.5) is 13.2 Å². The van der Waals surface area contributed by atoms with Gasteiger partial charge >= 0.3 is 6.18 Å². The van der Waals surface area contributed by atoms with Gasteiger partial charge in [-0.3, -0.25) is 4.79 Å². The maximum Gasteiger partial charge on any atom is 0.419 e. The number of alkyl halides is 3. The monoisotopic (exact) mass is 502 g/mol. The molecule has 2 aromatic carbocycles. The minimum Gasteiger partial charge on any atom is -0.268 e. The van der Waals surface area contributed by atoms with Crippen molar-refractivity contribution in [1.29, 1.82) is 5.26 Å². The molecule has 0 radical (unpaired) electrons. The molecule has 2 heterocycles. The number of nitriles is 1. The topological polar surface area (TPSA) is 71.6 Å². The molecule has 0 amide bonds. The van der Waals surface area contributed by atoms with E-state index in [0.717, 1.165) is 40.2 Å². The summed E-state index contributed by atoms with van der Waals surface area (Å²) in [6.07, 6.45) is -1.01. The lowest BCUT2D eigenvalue weighted by Gasteiger charge is -2.18. The summed E-state index contributed by atoms with van der Waals surface area (Å²) >= 11 is 0. The molecular formula is C29H25F3N4O. The molecule has 0 saturated heterocycles. The first-order valence-corrected chi connectivity index (χ1v) is 12.0. The van der Waals surface area contributed by atoms with Crippen molar-refractivity contribution in [1.82, 2.24) is 14.5 Å². The molecule has 4 aromatic rings. The molecule has 0 aliphatic heterocycles. The summed E-state index contributed by atoms with van der Waals surface area (Å²) in [5, 5.41) is 9.40.